The molecule has 0 unspecified atom stereocenters. The lowest BCUT2D eigenvalue weighted by atomic mass is 9.85. The Kier molecular flexibility index (Phi) is 7.35. The molecule has 0 aromatic heterocycles. The van der Waals surface area contributed by atoms with Gasteiger partial charge in [0.15, 0.2) is 0 Å². The Bertz CT molecular complexity index is 495. The standard InChI is InChI=1S/C20H36N4O3/c1-2-24(14-19(25)26)18-11-17(12-18)22-20(27)21-16-7-9-23(10-8-16)13-15-5-3-4-6-15/h15-18H,2-14H2,1H3,(H,25,26)(H2,21,22,27). The fourth-order valence-corrected chi connectivity index (χ4v) is 4.91. The van der Waals surface area contributed by atoms with Crippen molar-refractivity contribution < 1.29 is 14.7 Å². The van der Waals surface area contributed by atoms with Crippen LogP contribution in [0.2, 0.25) is 0 Å². The van der Waals surface area contributed by atoms with Gasteiger partial charge in [0, 0.05) is 37.8 Å². The van der Waals surface area contributed by atoms with Gasteiger partial charge in [-0.1, -0.05) is 19.8 Å². The number of nitrogens with one attached hydrogen (secondary N) is 2. The maximum Gasteiger partial charge on any atom is 0.317 e. The highest BCUT2D eigenvalue weighted by Gasteiger charge is 2.35. The Morgan fingerprint density at radius 1 is 1.04 bits per heavy atom. The van der Waals surface area contributed by atoms with E-state index in [1.54, 1.807) is 0 Å². The van der Waals surface area contributed by atoms with Crippen molar-refractivity contribution >= 4 is 12.0 Å². The van der Waals surface area contributed by atoms with Crippen LogP contribution in [0.5, 0.6) is 0 Å². The highest BCUT2D eigenvalue weighted by atomic mass is 16.4. The van der Waals surface area contributed by atoms with Crippen LogP contribution in [0.3, 0.4) is 0 Å². The van der Waals surface area contributed by atoms with Gasteiger partial charge in [-0.3, -0.25) is 9.69 Å². The molecule has 0 spiro atoms. The fourth-order valence-electron chi connectivity index (χ4n) is 4.91. The largest absolute Gasteiger partial charge is 0.480 e. The third kappa shape index (κ3) is 6.07. The Morgan fingerprint density at radius 2 is 1.67 bits per heavy atom. The molecule has 7 heteroatoms. The zero-order chi connectivity index (χ0) is 19.2. The average molecular weight is 381 g/mol. The summed E-state index contributed by atoms with van der Waals surface area (Å²) >= 11 is 0. The predicted molar refractivity (Wildman–Crippen MR) is 105 cm³/mol. The number of hydrogen-bond acceptors (Lipinski definition) is 4. The normalized spacial score (nSPS) is 27.5. The quantitative estimate of drug-likeness (QED) is 0.599. The van der Waals surface area contributed by atoms with Crippen LogP contribution in [0.15, 0.2) is 0 Å². The molecule has 3 N–H and O–H groups in total. The molecule has 1 heterocycles. The van der Waals surface area contributed by atoms with E-state index in [2.05, 4.69) is 15.5 Å². The van der Waals surface area contributed by atoms with Crippen LogP contribution >= 0.6 is 0 Å². The molecule has 2 amide bonds. The lowest BCUT2D eigenvalue weighted by Crippen LogP contribution is -2.57. The SMILES string of the molecule is CCN(CC(=O)O)C1CC(NC(=O)NC2CCN(CC3CCCC3)CC2)C1. The second-order valence-corrected chi connectivity index (χ2v) is 8.62. The molecule has 3 fully saturated rings. The Morgan fingerprint density at radius 3 is 2.26 bits per heavy atom. The first-order chi connectivity index (χ1) is 13.0. The van der Waals surface area contributed by atoms with Crippen molar-refractivity contribution in [3.63, 3.8) is 0 Å². The fraction of sp³-hybridized carbons (Fsp3) is 0.900. The van der Waals surface area contributed by atoms with E-state index in [0.29, 0.717) is 0 Å². The topological polar surface area (TPSA) is 84.9 Å². The number of carbonyl (C=O) groups excluding carboxylic acids is 1. The van der Waals surface area contributed by atoms with Crippen LogP contribution in [-0.2, 0) is 4.79 Å². The van der Waals surface area contributed by atoms with E-state index in [1.165, 1.54) is 32.2 Å². The van der Waals surface area contributed by atoms with Crippen LogP contribution in [0.4, 0.5) is 4.79 Å². The molecule has 0 aromatic carbocycles. The highest BCUT2D eigenvalue weighted by molar-refractivity contribution is 5.74. The van der Waals surface area contributed by atoms with Crippen LogP contribution < -0.4 is 10.6 Å². The number of nitrogens with zero attached hydrogens (tertiary/aromatic N) is 2. The van der Waals surface area contributed by atoms with Gasteiger partial charge in [-0.05, 0) is 51.0 Å². The number of carboxylic acids is 1. The smallest absolute Gasteiger partial charge is 0.317 e. The van der Waals surface area contributed by atoms with Gasteiger partial charge in [-0.2, -0.15) is 0 Å². The molecule has 3 rings (SSSR count). The molecule has 7 nitrogen and oxygen atoms in total. The zero-order valence-electron chi connectivity index (χ0n) is 16.7. The first-order valence-corrected chi connectivity index (χ1v) is 10.8. The number of rotatable bonds is 8. The summed E-state index contributed by atoms with van der Waals surface area (Å²) in [4.78, 5) is 27.7. The third-order valence-electron chi connectivity index (χ3n) is 6.62. The van der Waals surface area contributed by atoms with Crippen LogP contribution in [0.25, 0.3) is 0 Å². The number of likely N-dealkylation sites (tertiary alicyclic amines) is 1. The van der Waals surface area contributed by atoms with E-state index >= 15 is 0 Å². The molecule has 2 aliphatic carbocycles. The molecule has 27 heavy (non-hydrogen) atoms. The number of piperidine rings is 1. The maximum atomic E-state index is 12.3. The molecular weight excluding hydrogens is 344 g/mol. The molecular formula is C20H36N4O3. The van der Waals surface area contributed by atoms with E-state index in [0.717, 1.165) is 51.2 Å². The predicted octanol–water partition coefficient (Wildman–Crippen LogP) is 1.88. The van der Waals surface area contributed by atoms with Gasteiger partial charge in [0.25, 0.3) is 0 Å². The Labute approximate surface area is 162 Å². The van der Waals surface area contributed by atoms with E-state index < -0.39 is 5.97 Å². The van der Waals surface area contributed by atoms with Crippen molar-refractivity contribution in [3.8, 4) is 0 Å². The van der Waals surface area contributed by atoms with Gasteiger partial charge >= 0.3 is 12.0 Å². The van der Waals surface area contributed by atoms with Crippen LogP contribution in [0, 0.1) is 5.92 Å². The highest BCUT2D eigenvalue weighted by Crippen LogP contribution is 2.27. The number of aliphatic carboxylic acids is 1. The number of amides is 2. The van der Waals surface area contributed by atoms with Gasteiger partial charge in [-0.15, -0.1) is 0 Å². The van der Waals surface area contributed by atoms with Gasteiger partial charge in [0.1, 0.15) is 0 Å². The molecule has 2 saturated carbocycles. The Balaban J connectivity index is 1.29. The number of urea groups is 1. The summed E-state index contributed by atoms with van der Waals surface area (Å²) in [6, 6.07) is 0.657. The summed E-state index contributed by atoms with van der Waals surface area (Å²) in [7, 11) is 0. The minimum atomic E-state index is -0.787. The molecule has 154 valence electrons. The van der Waals surface area contributed by atoms with E-state index in [4.69, 9.17) is 5.11 Å². The van der Waals surface area contributed by atoms with Gasteiger partial charge < -0.3 is 20.6 Å². The summed E-state index contributed by atoms with van der Waals surface area (Å²) in [5.74, 6) is 0.110. The summed E-state index contributed by atoms with van der Waals surface area (Å²) in [6.07, 6.45) is 9.35. The van der Waals surface area contributed by atoms with E-state index in [1.807, 2.05) is 11.8 Å². The minimum absolute atomic E-state index is 0.0611. The third-order valence-corrected chi connectivity index (χ3v) is 6.62. The van der Waals surface area contributed by atoms with Crippen molar-refractivity contribution in [2.24, 2.45) is 5.92 Å². The number of likely N-dealkylation sites (N-methyl/N-ethyl adjacent to an activating group) is 1. The monoisotopic (exact) mass is 380 g/mol. The van der Waals surface area contributed by atoms with Crippen LogP contribution in [-0.4, -0.2) is 77.8 Å². The lowest BCUT2D eigenvalue weighted by Gasteiger charge is -2.42. The van der Waals surface area contributed by atoms with Crippen molar-refractivity contribution in [2.75, 3.05) is 32.7 Å². The summed E-state index contributed by atoms with van der Waals surface area (Å²) in [6.45, 7) is 6.22. The lowest BCUT2D eigenvalue weighted by molar-refractivity contribution is -0.139. The van der Waals surface area contributed by atoms with Crippen molar-refractivity contribution in [3.05, 3.63) is 0 Å². The van der Waals surface area contributed by atoms with Crippen molar-refractivity contribution in [1.82, 2.24) is 20.4 Å². The van der Waals surface area contributed by atoms with Gasteiger partial charge in [0.05, 0.1) is 6.54 Å². The number of hydrogen-bond donors (Lipinski definition) is 3. The summed E-state index contributed by atoms with van der Waals surface area (Å²) in [5.41, 5.74) is 0. The van der Waals surface area contributed by atoms with E-state index in [-0.39, 0.29) is 30.7 Å². The summed E-state index contributed by atoms with van der Waals surface area (Å²) in [5, 5.41) is 15.1. The maximum absolute atomic E-state index is 12.3. The average Bonchev–Trinajstić information content (AvgIpc) is 3.10. The molecule has 0 aromatic rings. The summed E-state index contributed by atoms with van der Waals surface area (Å²) < 4.78 is 0. The molecule has 0 radical (unpaired) electrons. The van der Waals surface area contributed by atoms with Crippen LogP contribution in [0.1, 0.15) is 58.3 Å². The second-order valence-electron chi connectivity index (χ2n) is 8.62. The molecule has 1 saturated heterocycles. The molecule has 1 aliphatic heterocycles. The van der Waals surface area contributed by atoms with Crippen molar-refractivity contribution in [2.45, 2.75) is 76.4 Å². The van der Waals surface area contributed by atoms with Crippen molar-refractivity contribution in [1.29, 1.82) is 0 Å². The van der Waals surface area contributed by atoms with Gasteiger partial charge in [0.2, 0.25) is 0 Å². The molecule has 0 bridgehead atoms. The van der Waals surface area contributed by atoms with Gasteiger partial charge in [-0.25, -0.2) is 4.79 Å². The minimum Gasteiger partial charge on any atom is -0.480 e. The van der Waals surface area contributed by atoms with E-state index in [9.17, 15) is 9.59 Å². The second kappa shape index (κ2) is 9.73. The number of carbonyl (C=O) groups is 2. The molecule has 0 atom stereocenters. The first-order valence-electron chi connectivity index (χ1n) is 10.8. The zero-order valence-corrected chi connectivity index (χ0v) is 16.7. The Hall–Kier alpha value is -1.34. The molecule has 3 aliphatic rings. The first kappa shape index (κ1) is 20.4. The number of carboxylic acid groups (broad SMARTS) is 1.